The summed E-state index contributed by atoms with van der Waals surface area (Å²) in [6.45, 7) is 8.43. The van der Waals surface area contributed by atoms with Gasteiger partial charge in [0.15, 0.2) is 6.61 Å². The third-order valence-electron chi connectivity index (χ3n) is 5.99. The van der Waals surface area contributed by atoms with Crippen molar-refractivity contribution in [3.8, 4) is 5.75 Å². The number of rotatable bonds is 11. The van der Waals surface area contributed by atoms with Gasteiger partial charge in [0.1, 0.15) is 11.8 Å². The molecule has 7 heteroatoms. The van der Waals surface area contributed by atoms with Crippen LogP contribution in [-0.4, -0.2) is 35.9 Å². The van der Waals surface area contributed by atoms with Crippen molar-refractivity contribution in [2.45, 2.75) is 46.7 Å². The van der Waals surface area contributed by atoms with Crippen molar-refractivity contribution in [2.75, 3.05) is 13.2 Å². The number of halogens is 2. The SMILES string of the molecule is Cc1ccc(OCC(=O)N(Cc2ccc(Cl)cc2Cl)[C@H](Cc2ccccc2)C(=O)NCC(C)C)c(C)c1. The second-order valence-electron chi connectivity index (χ2n) is 9.66. The van der Waals surface area contributed by atoms with Crippen molar-refractivity contribution >= 4 is 35.0 Å². The summed E-state index contributed by atoms with van der Waals surface area (Å²) in [6.07, 6.45) is 0.352. The van der Waals surface area contributed by atoms with Crippen molar-refractivity contribution in [1.82, 2.24) is 10.2 Å². The highest BCUT2D eigenvalue weighted by Gasteiger charge is 2.31. The van der Waals surface area contributed by atoms with Crippen LogP contribution in [0.2, 0.25) is 10.0 Å². The minimum Gasteiger partial charge on any atom is -0.483 e. The molecule has 3 rings (SSSR count). The van der Waals surface area contributed by atoms with Crippen LogP contribution in [0.4, 0.5) is 0 Å². The first-order valence-electron chi connectivity index (χ1n) is 12.4. The highest BCUT2D eigenvalue weighted by molar-refractivity contribution is 6.35. The molecule has 37 heavy (non-hydrogen) atoms. The van der Waals surface area contributed by atoms with E-state index in [-0.39, 0.29) is 30.9 Å². The minimum atomic E-state index is -0.761. The molecule has 0 saturated heterocycles. The molecular formula is C30H34Cl2N2O3. The Hall–Kier alpha value is -3.02. The van der Waals surface area contributed by atoms with E-state index in [1.165, 1.54) is 0 Å². The van der Waals surface area contributed by atoms with E-state index in [4.69, 9.17) is 27.9 Å². The molecule has 0 spiro atoms. The van der Waals surface area contributed by atoms with E-state index < -0.39 is 6.04 Å². The lowest BCUT2D eigenvalue weighted by atomic mass is 10.0. The lowest BCUT2D eigenvalue weighted by Gasteiger charge is -2.32. The van der Waals surface area contributed by atoms with Crippen LogP contribution in [0.25, 0.3) is 0 Å². The van der Waals surface area contributed by atoms with Crippen molar-refractivity contribution in [2.24, 2.45) is 5.92 Å². The van der Waals surface area contributed by atoms with Gasteiger partial charge in [-0.3, -0.25) is 9.59 Å². The van der Waals surface area contributed by atoms with Crippen LogP contribution in [0.5, 0.6) is 5.75 Å². The Morgan fingerprint density at radius 2 is 1.70 bits per heavy atom. The molecule has 196 valence electrons. The third-order valence-corrected chi connectivity index (χ3v) is 6.58. The Bertz CT molecular complexity index is 1210. The number of carbonyl (C=O) groups excluding carboxylic acids is 2. The quantitative estimate of drug-likeness (QED) is 0.306. The van der Waals surface area contributed by atoms with Crippen molar-refractivity contribution in [3.63, 3.8) is 0 Å². The number of nitrogens with zero attached hydrogens (tertiary/aromatic N) is 1. The molecule has 1 atom stereocenters. The van der Waals surface area contributed by atoms with Gasteiger partial charge in [0.25, 0.3) is 5.91 Å². The van der Waals surface area contributed by atoms with Gasteiger partial charge < -0.3 is 15.0 Å². The van der Waals surface area contributed by atoms with Crippen molar-refractivity contribution < 1.29 is 14.3 Å². The van der Waals surface area contributed by atoms with Crippen LogP contribution in [0.15, 0.2) is 66.7 Å². The molecule has 5 nitrogen and oxygen atoms in total. The van der Waals surface area contributed by atoms with E-state index in [0.717, 1.165) is 16.7 Å². The number of benzene rings is 3. The third kappa shape index (κ3) is 8.51. The Morgan fingerprint density at radius 1 is 0.973 bits per heavy atom. The van der Waals surface area contributed by atoms with Crippen molar-refractivity contribution in [1.29, 1.82) is 0 Å². The fourth-order valence-electron chi connectivity index (χ4n) is 3.99. The van der Waals surface area contributed by atoms with E-state index in [1.54, 1.807) is 23.1 Å². The van der Waals surface area contributed by atoms with Gasteiger partial charge in [-0.25, -0.2) is 0 Å². The number of carbonyl (C=O) groups is 2. The number of amides is 2. The first-order valence-corrected chi connectivity index (χ1v) is 13.1. The Balaban J connectivity index is 1.94. The number of hydrogen-bond acceptors (Lipinski definition) is 3. The molecule has 0 radical (unpaired) electrons. The van der Waals surface area contributed by atoms with Crippen LogP contribution in [0.1, 0.15) is 36.1 Å². The lowest BCUT2D eigenvalue weighted by Crippen LogP contribution is -2.52. The molecule has 0 aliphatic rings. The van der Waals surface area contributed by atoms with Gasteiger partial charge in [-0.1, -0.05) is 91.1 Å². The first-order chi connectivity index (χ1) is 17.6. The van der Waals surface area contributed by atoms with Gasteiger partial charge >= 0.3 is 0 Å². The highest BCUT2D eigenvalue weighted by Crippen LogP contribution is 2.25. The molecule has 0 heterocycles. The summed E-state index contributed by atoms with van der Waals surface area (Å²) < 4.78 is 5.92. The van der Waals surface area contributed by atoms with Gasteiger partial charge in [-0.15, -0.1) is 0 Å². The van der Waals surface area contributed by atoms with Crippen LogP contribution in [0.3, 0.4) is 0 Å². The number of ether oxygens (including phenoxy) is 1. The topological polar surface area (TPSA) is 58.6 Å². The molecule has 0 aliphatic carbocycles. The van der Waals surface area contributed by atoms with E-state index in [1.807, 2.05) is 76.2 Å². The average Bonchev–Trinajstić information content (AvgIpc) is 2.85. The summed E-state index contributed by atoms with van der Waals surface area (Å²) in [6, 6.07) is 19.8. The Kier molecular flexibility index (Phi) is 10.4. The minimum absolute atomic E-state index is 0.137. The second kappa shape index (κ2) is 13.5. The molecular weight excluding hydrogens is 507 g/mol. The normalized spacial score (nSPS) is 11.8. The monoisotopic (exact) mass is 540 g/mol. The summed E-state index contributed by atoms with van der Waals surface area (Å²) in [7, 11) is 0. The van der Waals surface area contributed by atoms with E-state index >= 15 is 0 Å². The second-order valence-corrected chi connectivity index (χ2v) is 10.5. The fraction of sp³-hybridized carbons (Fsp3) is 0.333. The van der Waals surface area contributed by atoms with Crippen LogP contribution < -0.4 is 10.1 Å². The molecule has 0 aliphatic heterocycles. The summed E-state index contributed by atoms with van der Waals surface area (Å²) in [5.74, 6) is 0.366. The van der Waals surface area contributed by atoms with E-state index in [9.17, 15) is 9.59 Å². The standard InChI is InChI=1S/C30H34Cl2N2O3/c1-20(2)17-33-30(36)27(15-23-8-6-5-7-9-23)34(18-24-11-12-25(31)16-26(24)32)29(35)19-37-28-13-10-21(3)14-22(28)4/h5-14,16,20,27H,15,17-19H2,1-4H3,(H,33,36)/t27-/m1/s1. The Morgan fingerprint density at radius 3 is 2.35 bits per heavy atom. The van der Waals surface area contributed by atoms with Gasteiger partial charge in [-0.05, 0) is 54.7 Å². The molecule has 0 unspecified atom stereocenters. The van der Waals surface area contributed by atoms with Crippen molar-refractivity contribution in [3.05, 3.63) is 99.0 Å². The largest absolute Gasteiger partial charge is 0.483 e. The average molecular weight is 542 g/mol. The summed E-state index contributed by atoms with van der Waals surface area (Å²) in [5, 5.41) is 3.94. The van der Waals surface area contributed by atoms with E-state index in [2.05, 4.69) is 5.32 Å². The predicted octanol–water partition coefficient (Wildman–Crippen LogP) is 6.40. The maximum atomic E-state index is 13.7. The van der Waals surface area contributed by atoms with Gasteiger partial charge in [0.05, 0.1) is 0 Å². The first kappa shape index (κ1) is 28.5. The lowest BCUT2D eigenvalue weighted by molar-refractivity contribution is -0.142. The highest BCUT2D eigenvalue weighted by atomic mass is 35.5. The zero-order valence-corrected chi connectivity index (χ0v) is 23.3. The number of hydrogen-bond donors (Lipinski definition) is 1. The summed E-state index contributed by atoms with van der Waals surface area (Å²) in [5.41, 5.74) is 3.69. The smallest absolute Gasteiger partial charge is 0.261 e. The van der Waals surface area contributed by atoms with Crippen LogP contribution >= 0.6 is 23.2 Å². The maximum Gasteiger partial charge on any atom is 0.261 e. The zero-order valence-electron chi connectivity index (χ0n) is 21.8. The molecule has 1 N–H and O–H groups in total. The van der Waals surface area contributed by atoms with E-state index in [0.29, 0.717) is 34.3 Å². The molecule has 0 fully saturated rings. The molecule has 0 bridgehead atoms. The maximum absolute atomic E-state index is 13.7. The van der Waals surface area contributed by atoms with Gasteiger partial charge in [0.2, 0.25) is 5.91 Å². The molecule has 0 aromatic heterocycles. The fourth-order valence-corrected chi connectivity index (χ4v) is 4.46. The molecule has 3 aromatic carbocycles. The molecule has 2 amide bonds. The molecule has 0 saturated carbocycles. The predicted molar refractivity (Wildman–Crippen MR) is 150 cm³/mol. The van der Waals surface area contributed by atoms with Gasteiger partial charge in [-0.2, -0.15) is 0 Å². The number of aryl methyl sites for hydroxylation is 2. The summed E-state index contributed by atoms with van der Waals surface area (Å²) in [4.78, 5) is 28.8. The van der Waals surface area contributed by atoms with Crippen LogP contribution in [0, 0.1) is 19.8 Å². The van der Waals surface area contributed by atoms with Crippen LogP contribution in [-0.2, 0) is 22.6 Å². The summed E-state index contributed by atoms with van der Waals surface area (Å²) >= 11 is 12.6. The number of nitrogens with one attached hydrogen (secondary N) is 1. The zero-order chi connectivity index (χ0) is 26.9. The molecule has 3 aromatic rings. The van der Waals surface area contributed by atoms with Gasteiger partial charge in [0, 0.05) is 29.6 Å². The Labute approximate surface area is 229 Å².